The summed E-state index contributed by atoms with van der Waals surface area (Å²) in [6.45, 7) is 2.22. The van der Waals surface area contributed by atoms with Gasteiger partial charge in [-0.2, -0.15) is 0 Å². The number of nitrogens with zero attached hydrogens (tertiary/aromatic N) is 2. The van der Waals surface area contributed by atoms with Crippen molar-refractivity contribution in [2.75, 3.05) is 11.9 Å². The summed E-state index contributed by atoms with van der Waals surface area (Å²) in [5.74, 6) is 1.000. The van der Waals surface area contributed by atoms with Gasteiger partial charge in [0.25, 0.3) is 0 Å². The van der Waals surface area contributed by atoms with Gasteiger partial charge in [-0.25, -0.2) is 0 Å². The summed E-state index contributed by atoms with van der Waals surface area (Å²) in [5, 5.41) is 19.8. The summed E-state index contributed by atoms with van der Waals surface area (Å²) in [5.41, 5.74) is 0. The number of aromatic nitrogens is 2. The maximum Gasteiger partial charge on any atom is 0.315 e. The van der Waals surface area contributed by atoms with Crippen LogP contribution in [-0.4, -0.2) is 28.0 Å². The summed E-state index contributed by atoms with van der Waals surface area (Å²) < 4.78 is 5.09. The lowest BCUT2D eigenvalue weighted by Gasteiger charge is -2.07. The van der Waals surface area contributed by atoms with Crippen LogP contribution in [0.2, 0.25) is 0 Å². The summed E-state index contributed by atoms with van der Waals surface area (Å²) in [6.07, 6.45) is 1.98. The summed E-state index contributed by atoms with van der Waals surface area (Å²) in [7, 11) is 0. The van der Waals surface area contributed by atoms with Gasteiger partial charge in [-0.3, -0.25) is 0 Å². The predicted molar refractivity (Wildman–Crippen MR) is 46.3 cm³/mol. The van der Waals surface area contributed by atoms with Crippen molar-refractivity contribution in [3.63, 3.8) is 0 Å². The van der Waals surface area contributed by atoms with Gasteiger partial charge in [-0.1, -0.05) is 5.10 Å². The first kappa shape index (κ1) is 8.50. The second-order valence-corrected chi connectivity index (χ2v) is 3.41. The first-order valence-corrected chi connectivity index (χ1v) is 4.48. The molecule has 0 radical (unpaired) electrons. The molecule has 1 fully saturated rings. The Morgan fingerprint density at radius 3 is 2.92 bits per heavy atom. The van der Waals surface area contributed by atoms with Gasteiger partial charge in [0.15, 0.2) is 0 Å². The Morgan fingerprint density at radius 2 is 2.38 bits per heavy atom. The van der Waals surface area contributed by atoms with Gasteiger partial charge in [-0.05, 0) is 18.8 Å². The van der Waals surface area contributed by atoms with E-state index in [-0.39, 0.29) is 6.10 Å². The minimum atomic E-state index is -0.285. The fourth-order valence-corrected chi connectivity index (χ4v) is 1.21. The summed E-state index contributed by atoms with van der Waals surface area (Å²) >= 11 is 0. The topological polar surface area (TPSA) is 71.2 Å². The van der Waals surface area contributed by atoms with Gasteiger partial charge >= 0.3 is 6.01 Å². The van der Waals surface area contributed by atoms with Crippen LogP contribution in [0, 0.1) is 12.8 Å². The van der Waals surface area contributed by atoms with Crippen LogP contribution in [0.4, 0.5) is 6.01 Å². The average molecular weight is 183 g/mol. The number of hydrogen-bond acceptors (Lipinski definition) is 5. The molecule has 0 aromatic carbocycles. The highest BCUT2D eigenvalue weighted by Crippen LogP contribution is 2.32. The molecule has 5 heteroatoms. The molecule has 2 N–H and O–H groups in total. The maximum atomic E-state index is 9.50. The van der Waals surface area contributed by atoms with Crippen LogP contribution >= 0.6 is 0 Å². The van der Waals surface area contributed by atoms with E-state index >= 15 is 0 Å². The van der Waals surface area contributed by atoms with Crippen molar-refractivity contribution in [2.24, 2.45) is 5.92 Å². The van der Waals surface area contributed by atoms with Crippen LogP contribution in [0.3, 0.4) is 0 Å². The summed E-state index contributed by atoms with van der Waals surface area (Å²) in [6, 6.07) is 0.386. The molecule has 1 aliphatic carbocycles. The molecule has 1 aromatic heterocycles. The number of rotatable bonds is 4. The van der Waals surface area contributed by atoms with Gasteiger partial charge in [-0.15, -0.1) is 5.10 Å². The van der Waals surface area contributed by atoms with Gasteiger partial charge in [0.2, 0.25) is 5.89 Å². The van der Waals surface area contributed by atoms with E-state index in [1.54, 1.807) is 6.92 Å². The van der Waals surface area contributed by atoms with E-state index in [0.717, 1.165) is 12.8 Å². The standard InChI is InChI=1S/C8H13N3O2/c1-5-10-11-8(13-5)9-4-7(12)6-2-3-6/h6-7,12H,2-4H2,1H3,(H,9,11). The Labute approximate surface area is 76.2 Å². The highest BCUT2D eigenvalue weighted by atomic mass is 16.4. The Kier molecular flexibility index (Phi) is 2.18. The molecule has 13 heavy (non-hydrogen) atoms. The van der Waals surface area contributed by atoms with Crippen molar-refractivity contribution >= 4 is 6.01 Å². The van der Waals surface area contributed by atoms with Gasteiger partial charge in [0.05, 0.1) is 6.10 Å². The lowest BCUT2D eigenvalue weighted by molar-refractivity contribution is 0.163. The van der Waals surface area contributed by atoms with E-state index in [0.29, 0.717) is 24.4 Å². The number of aliphatic hydroxyl groups excluding tert-OH is 1. The lowest BCUT2D eigenvalue weighted by Crippen LogP contribution is -2.21. The third-order valence-corrected chi connectivity index (χ3v) is 2.15. The Balaban J connectivity index is 1.78. The summed E-state index contributed by atoms with van der Waals surface area (Å²) in [4.78, 5) is 0. The first-order chi connectivity index (χ1) is 6.25. The maximum absolute atomic E-state index is 9.50. The van der Waals surface area contributed by atoms with E-state index in [2.05, 4.69) is 15.5 Å². The zero-order valence-electron chi connectivity index (χ0n) is 7.53. The third-order valence-electron chi connectivity index (χ3n) is 2.15. The van der Waals surface area contributed by atoms with Crippen molar-refractivity contribution in [3.05, 3.63) is 5.89 Å². The molecule has 5 nitrogen and oxygen atoms in total. The number of aliphatic hydroxyl groups is 1. The van der Waals surface area contributed by atoms with Crippen molar-refractivity contribution in [1.29, 1.82) is 0 Å². The minimum Gasteiger partial charge on any atom is -0.408 e. The molecule has 0 amide bonds. The van der Waals surface area contributed by atoms with Gasteiger partial charge in [0.1, 0.15) is 0 Å². The molecule has 1 unspecified atom stereocenters. The largest absolute Gasteiger partial charge is 0.408 e. The molecular weight excluding hydrogens is 170 g/mol. The van der Waals surface area contributed by atoms with Crippen molar-refractivity contribution < 1.29 is 9.52 Å². The van der Waals surface area contributed by atoms with E-state index in [4.69, 9.17) is 4.42 Å². The molecule has 1 atom stereocenters. The van der Waals surface area contributed by atoms with E-state index < -0.39 is 0 Å². The van der Waals surface area contributed by atoms with Crippen LogP contribution in [-0.2, 0) is 0 Å². The first-order valence-electron chi connectivity index (χ1n) is 4.48. The van der Waals surface area contributed by atoms with Crippen molar-refractivity contribution in [2.45, 2.75) is 25.9 Å². The fraction of sp³-hybridized carbons (Fsp3) is 0.750. The quantitative estimate of drug-likeness (QED) is 0.713. The molecule has 0 saturated heterocycles. The highest BCUT2D eigenvalue weighted by Gasteiger charge is 2.29. The predicted octanol–water partition coefficient (Wildman–Crippen LogP) is 0.561. The second-order valence-electron chi connectivity index (χ2n) is 3.41. The molecule has 2 rings (SSSR count). The molecule has 1 aromatic rings. The Hall–Kier alpha value is -1.10. The smallest absolute Gasteiger partial charge is 0.315 e. The number of aryl methyl sites for hydroxylation is 1. The van der Waals surface area contributed by atoms with Gasteiger partial charge in [0, 0.05) is 13.5 Å². The Bertz CT molecular complexity index is 283. The van der Waals surface area contributed by atoms with Crippen LogP contribution in [0.15, 0.2) is 4.42 Å². The van der Waals surface area contributed by atoms with Crippen LogP contribution in [0.1, 0.15) is 18.7 Å². The molecule has 72 valence electrons. The SMILES string of the molecule is Cc1nnc(NCC(O)C2CC2)o1. The van der Waals surface area contributed by atoms with Crippen molar-refractivity contribution in [3.8, 4) is 0 Å². The molecule has 0 spiro atoms. The molecule has 0 bridgehead atoms. The third kappa shape index (κ3) is 2.18. The van der Waals surface area contributed by atoms with E-state index in [9.17, 15) is 5.11 Å². The molecule has 1 heterocycles. The average Bonchev–Trinajstić information content (AvgIpc) is 2.87. The van der Waals surface area contributed by atoms with E-state index in [1.165, 1.54) is 0 Å². The number of anilines is 1. The monoisotopic (exact) mass is 183 g/mol. The van der Waals surface area contributed by atoms with Crippen LogP contribution in [0.5, 0.6) is 0 Å². The Morgan fingerprint density at radius 1 is 1.62 bits per heavy atom. The normalized spacial score (nSPS) is 18.6. The highest BCUT2D eigenvalue weighted by molar-refractivity contribution is 5.17. The zero-order chi connectivity index (χ0) is 9.26. The molecular formula is C8H13N3O2. The van der Waals surface area contributed by atoms with Crippen LogP contribution < -0.4 is 5.32 Å². The number of hydrogen-bond donors (Lipinski definition) is 2. The van der Waals surface area contributed by atoms with Crippen LogP contribution in [0.25, 0.3) is 0 Å². The van der Waals surface area contributed by atoms with Gasteiger partial charge < -0.3 is 14.8 Å². The molecule has 1 aliphatic rings. The second kappa shape index (κ2) is 3.33. The lowest BCUT2D eigenvalue weighted by atomic mass is 10.2. The fourth-order valence-electron chi connectivity index (χ4n) is 1.21. The molecule has 0 aliphatic heterocycles. The minimum absolute atomic E-state index is 0.285. The number of nitrogens with one attached hydrogen (secondary N) is 1. The van der Waals surface area contributed by atoms with E-state index in [1.807, 2.05) is 0 Å². The van der Waals surface area contributed by atoms with Crippen molar-refractivity contribution in [1.82, 2.24) is 10.2 Å². The molecule has 1 saturated carbocycles. The zero-order valence-corrected chi connectivity index (χ0v) is 7.53.